The predicted molar refractivity (Wildman–Crippen MR) is 163 cm³/mol. The molecule has 4 aromatic heterocycles. The van der Waals surface area contributed by atoms with Gasteiger partial charge in [-0.05, 0) is 18.2 Å². The molecular formula is C31H28N8O4. The summed E-state index contributed by atoms with van der Waals surface area (Å²) in [6, 6.07) is 17.7. The minimum Gasteiger partial charge on any atom is -0.481 e. The molecule has 0 fully saturated rings. The van der Waals surface area contributed by atoms with Gasteiger partial charge in [-0.25, -0.2) is 24.4 Å². The van der Waals surface area contributed by atoms with Gasteiger partial charge in [-0.2, -0.15) is 5.10 Å². The molecule has 6 aromatic rings. The molecule has 0 bridgehead atoms. The fourth-order valence-corrected chi connectivity index (χ4v) is 4.52. The van der Waals surface area contributed by atoms with Crippen molar-refractivity contribution in [2.45, 2.75) is 26.2 Å². The number of hydrogen-bond acceptors (Lipinski definition) is 8. The maximum atomic E-state index is 13.3. The Balaban J connectivity index is 1.29. The van der Waals surface area contributed by atoms with E-state index in [9.17, 15) is 9.59 Å². The zero-order valence-electron chi connectivity index (χ0n) is 23.9. The predicted octanol–water partition coefficient (Wildman–Crippen LogP) is 5.79. The van der Waals surface area contributed by atoms with Gasteiger partial charge in [0.05, 0.1) is 36.6 Å². The maximum Gasteiger partial charge on any atom is 0.324 e. The molecule has 3 N–H and O–H groups in total. The summed E-state index contributed by atoms with van der Waals surface area (Å²) in [7, 11) is 1.55. The molecule has 43 heavy (non-hydrogen) atoms. The summed E-state index contributed by atoms with van der Waals surface area (Å²) in [5, 5.41) is 12.2. The van der Waals surface area contributed by atoms with Crippen LogP contribution < -0.4 is 25.7 Å². The van der Waals surface area contributed by atoms with Crippen LogP contribution in [-0.4, -0.2) is 42.9 Å². The van der Waals surface area contributed by atoms with Gasteiger partial charge in [0.2, 0.25) is 5.88 Å². The Morgan fingerprint density at radius 2 is 1.72 bits per heavy atom. The first-order valence-electron chi connectivity index (χ1n) is 13.4. The van der Waals surface area contributed by atoms with E-state index in [1.165, 1.54) is 12.4 Å². The quantitative estimate of drug-likeness (QED) is 0.225. The summed E-state index contributed by atoms with van der Waals surface area (Å²) in [6.45, 7) is 6.15. The Bertz CT molecular complexity index is 2030. The Kier molecular flexibility index (Phi) is 6.94. The number of amides is 2. The molecule has 2 amide bonds. The van der Waals surface area contributed by atoms with Crippen molar-refractivity contribution >= 4 is 39.5 Å². The van der Waals surface area contributed by atoms with Gasteiger partial charge in [-0.15, -0.1) is 0 Å². The first kappa shape index (κ1) is 27.4. The van der Waals surface area contributed by atoms with Crippen LogP contribution >= 0.6 is 0 Å². The number of H-pyrrole nitrogens is 1. The lowest BCUT2D eigenvalue weighted by Crippen LogP contribution is -2.21. The van der Waals surface area contributed by atoms with Crippen LogP contribution in [0.4, 0.5) is 16.3 Å². The minimum absolute atomic E-state index is 0.255. The molecule has 0 saturated carbocycles. The number of pyridine rings is 2. The van der Waals surface area contributed by atoms with E-state index in [4.69, 9.17) is 14.6 Å². The molecule has 4 heterocycles. The lowest BCUT2D eigenvalue weighted by atomic mass is 9.92. The number of fused-ring (bicyclic) bond motifs is 2. The van der Waals surface area contributed by atoms with E-state index in [1.54, 1.807) is 42.3 Å². The van der Waals surface area contributed by atoms with Crippen LogP contribution in [0.25, 0.3) is 27.6 Å². The molecule has 0 aliphatic heterocycles. The third-order valence-electron chi connectivity index (χ3n) is 6.69. The molecule has 0 saturated heterocycles. The minimum atomic E-state index is -0.449. The molecule has 2 aromatic carbocycles. The van der Waals surface area contributed by atoms with E-state index in [0.29, 0.717) is 45.7 Å². The summed E-state index contributed by atoms with van der Waals surface area (Å²) >= 11 is 0. The molecule has 0 unspecified atom stereocenters. The van der Waals surface area contributed by atoms with Crippen LogP contribution in [0.5, 0.6) is 17.4 Å². The van der Waals surface area contributed by atoms with Gasteiger partial charge in [0.1, 0.15) is 17.1 Å². The smallest absolute Gasteiger partial charge is 0.324 e. The average molecular weight is 577 g/mol. The van der Waals surface area contributed by atoms with Crippen molar-refractivity contribution in [3.8, 4) is 23.1 Å². The lowest BCUT2D eigenvalue weighted by Gasteiger charge is -2.14. The Morgan fingerprint density at radius 1 is 0.907 bits per heavy atom. The van der Waals surface area contributed by atoms with Gasteiger partial charge in [0, 0.05) is 40.6 Å². The first-order valence-corrected chi connectivity index (χ1v) is 13.4. The number of carbonyl (C=O) groups excluding carboxylic acids is 1. The van der Waals surface area contributed by atoms with Crippen molar-refractivity contribution in [2.75, 3.05) is 17.7 Å². The van der Waals surface area contributed by atoms with Crippen LogP contribution in [-0.2, 0) is 5.41 Å². The highest BCUT2D eigenvalue weighted by molar-refractivity contribution is 6.07. The Morgan fingerprint density at radius 3 is 2.47 bits per heavy atom. The molecule has 0 aliphatic rings. The van der Waals surface area contributed by atoms with Crippen molar-refractivity contribution in [1.82, 2.24) is 29.7 Å². The molecule has 12 nitrogen and oxygen atoms in total. The number of urea groups is 1. The number of ether oxygens (including phenoxy) is 2. The van der Waals surface area contributed by atoms with Gasteiger partial charge in [0.15, 0.2) is 11.4 Å². The molecule has 0 radical (unpaired) electrons. The van der Waals surface area contributed by atoms with Gasteiger partial charge >= 0.3 is 6.03 Å². The molecule has 0 spiro atoms. The summed E-state index contributed by atoms with van der Waals surface area (Å²) in [4.78, 5) is 40.3. The highest BCUT2D eigenvalue weighted by Gasteiger charge is 2.22. The number of aromatic amines is 1. The Hall–Kier alpha value is -5.78. The number of methoxy groups -OCH3 is 1. The van der Waals surface area contributed by atoms with Crippen molar-refractivity contribution in [1.29, 1.82) is 0 Å². The van der Waals surface area contributed by atoms with E-state index in [0.717, 1.165) is 16.5 Å². The van der Waals surface area contributed by atoms with E-state index >= 15 is 0 Å². The lowest BCUT2D eigenvalue weighted by molar-refractivity contribution is 0.262. The molecule has 216 valence electrons. The number of benzene rings is 2. The van der Waals surface area contributed by atoms with Crippen LogP contribution in [0.1, 0.15) is 26.5 Å². The average Bonchev–Trinajstić information content (AvgIpc) is 3.42. The number of anilines is 2. The number of rotatable bonds is 6. The highest BCUT2D eigenvalue weighted by Crippen LogP contribution is 2.36. The van der Waals surface area contributed by atoms with E-state index in [1.807, 2.05) is 36.4 Å². The molecule has 0 atom stereocenters. The first-order chi connectivity index (χ1) is 20.7. The second-order valence-corrected chi connectivity index (χ2v) is 10.7. The Labute approximate surface area is 245 Å². The molecule has 6 rings (SSSR count). The summed E-state index contributed by atoms with van der Waals surface area (Å²) in [5.74, 6) is 1.93. The van der Waals surface area contributed by atoms with Crippen molar-refractivity contribution in [3.63, 3.8) is 0 Å². The summed E-state index contributed by atoms with van der Waals surface area (Å²) in [5.41, 5.74) is 2.18. The number of hydrogen-bond donors (Lipinski definition) is 3. The van der Waals surface area contributed by atoms with E-state index < -0.39 is 6.03 Å². The van der Waals surface area contributed by atoms with Crippen LogP contribution in [0.3, 0.4) is 0 Å². The van der Waals surface area contributed by atoms with E-state index in [-0.39, 0.29) is 11.0 Å². The monoisotopic (exact) mass is 576 g/mol. The third kappa shape index (κ3) is 5.58. The second-order valence-electron chi connectivity index (χ2n) is 10.7. The van der Waals surface area contributed by atoms with Gasteiger partial charge in [0.25, 0.3) is 5.56 Å². The van der Waals surface area contributed by atoms with Gasteiger partial charge in [-0.3, -0.25) is 10.1 Å². The standard InChI is InChI=1S/C31H28N8O4/c1-31(2,3)24-15-25(39(38-24)18-9-12-27(42-4)33-16-18)36-30(41)35-21-10-11-22(20-8-6-5-7-19(20)21)43-23-13-14-32-29-28(23)34-17-26(40)37-29/h5-17H,1-4H3,(H,32,37,40)(H2,35,36,41). The largest absolute Gasteiger partial charge is 0.481 e. The number of aromatic nitrogens is 6. The normalized spacial score (nSPS) is 11.4. The fourth-order valence-electron chi connectivity index (χ4n) is 4.52. The summed E-state index contributed by atoms with van der Waals surface area (Å²) in [6.07, 6.45) is 4.35. The maximum absolute atomic E-state index is 13.3. The molecule has 0 aliphatic carbocycles. The summed E-state index contributed by atoms with van der Waals surface area (Å²) < 4.78 is 13.1. The number of nitrogens with one attached hydrogen (secondary N) is 3. The highest BCUT2D eigenvalue weighted by atomic mass is 16.5. The van der Waals surface area contributed by atoms with E-state index in [2.05, 4.69) is 51.3 Å². The van der Waals surface area contributed by atoms with Gasteiger partial charge < -0.3 is 19.8 Å². The number of nitrogens with zero attached hydrogens (tertiary/aromatic N) is 5. The SMILES string of the molecule is COc1ccc(-n2nc(C(C)(C)C)cc2NC(=O)Nc2ccc(Oc3ccnc4[nH]c(=O)cnc34)c3ccccc23)cn1. The number of carbonyl (C=O) groups is 1. The molecule has 12 heteroatoms. The van der Waals surface area contributed by atoms with Crippen molar-refractivity contribution in [3.05, 3.63) is 95.3 Å². The van der Waals surface area contributed by atoms with Crippen molar-refractivity contribution in [2.24, 2.45) is 0 Å². The molecular weight excluding hydrogens is 548 g/mol. The van der Waals surface area contributed by atoms with Crippen LogP contribution in [0.2, 0.25) is 0 Å². The van der Waals surface area contributed by atoms with Crippen LogP contribution in [0, 0.1) is 0 Å². The van der Waals surface area contributed by atoms with Crippen LogP contribution in [0.15, 0.2) is 84.0 Å². The third-order valence-corrected chi connectivity index (χ3v) is 6.69. The zero-order valence-corrected chi connectivity index (χ0v) is 23.9. The second kappa shape index (κ2) is 10.9. The fraction of sp³-hybridized carbons (Fsp3) is 0.161. The zero-order chi connectivity index (χ0) is 30.1. The van der Waals surface area contributed by atoms with Gasteiger partial charge in [-0.1, -0.05) is 45.0 Å². The topological polar surface area (TPSA) is 149 Å². The van der Waals surface area contributed by atoms with Crippen molar-refractivity contribution < 1.29 is 14.3 Å².